The third-order valence-corrected chi connectivity index (χ3v) is 6.35. The summed E-state index contributed by atoms with van der Waals surface area (Å²) in [7, 11) is 0. The number of rotatable bonds is 5. The largest absolute Gasteiger partial charge is 0.325 e. The average Bonchev–Trinajstić information content (AvgIpc) is 3.44. The lowest BCUT2D eigenvalue weighted by molar-refractivity contribution is 0.356. The highest BCUT2D eigenvalue weighted by molar-refractivity contribution is 6.36. The molecule has 6 heteroatoms. The average molecular weight is 405 g/mol. The molecule has 1 aromatic carbocycles. The van der Waals surface area contributed by atoms with Gasteiger partial charge in [-0.2, -0.15) is 0 Å². The zero-order chi connectivity index (χ0) is 19.2. The van der Waals surface area contributed by atoms with Crippen molar-refractivity contribution >= 4 is 34.7 Å². The highest BCUT2D eigenvalue weighted by Gasteiger charge is 2.38. The van der Waals surface area contributed by atoms with Gasteiger partial charge in [0, 0.05) is 17.1 Å². The van der Waals surface area contributed by atoms with E-state index >= 15 is 0 Å². The summed E-state index contributed by atoms with van der Waals surface area (Å²) < 4.78 is 0. The van der Waals surface area contributed by atoms with Crippen LogP contribution in [0.2, 0.25) is 10.0 Å². The minimum Gasteiger partial charge on any atom is -0.325 e. The highest BCUT2D eigenvalue weighted by atomic mass is 35.5. The summed E-state index contributed by atoms with van der Waals surface area (Å²) in [4.78, 5) is 11.9. The third kappa shape index (κ3) is 3.67. The number of hydrogen-bond acceptors (Lipinski definition) is 4. The normalized spacial score (nSPS) is 18.9. The van der Waals surface area contributed by atoms with Crippen molar-refractivity contribution in [1.29, 1.82) is 0 Å². The number of benzene rings is 1. The number of fused-ring (bicyclic) bond motifs is 1. The SMILES string of the molecule is CCC(N)(CC1CC1)c1nc(C)nc2c1CCCN2c1ccc(Cl)cc1Cl. The van der Waals surface area contributed by atoms with E-state index in [9.17, 15) is 0 Å². The van der Waals surface area contributed by atoms with Gasteiger partial charge in [0.25, 0.3) is 0 Å². The molecule has 2 aliphatic rings. The fourth-order valence-corrected chi connectivity index (χ4v) is 4.66. The van der Waals surface area contributed by atoms with Crippen LogP contribution in [0.15, 0.2) is 18.2 Å². The van der Waals surface area contributed by atoms with Crippen LogP contribution in [0.5, 0.6) is 0 Å². The maximum Gasteiger partial charge on any atom is 0.140 e. The Hall–Kier alpha value is -1.36. The number of nitrogens with two attached hydrogens (primary N) is 1. The first kappa shape index (κ1) is 19.0. The van der Waals surface area contributed by atoms with Gasteiger partial charge in [0.1, 0.15) is 11.6 Å². The fourth-order valence-electron chi connectivity index (χ4n) is 4.15. The Kier molecular flexibility index (Phi) is 5.08. The molecule has 27 heavy (non-hydrogen) atoms. The fraction of sp³-hybridized carbons (Fsp3) is 0.524. The number of nitrogens with zero attached hydrogens (tertiary/aromatic N) is 3. The van der Waals surface area contributed by atoms with E-state index in [1.54, 1.807) is 6.07 Å². The predicted molar refractivity (Wildman–Crippen MR) is 112 cm³/mol. The van der Waals surface area contributed by atoms with Crippen LogP contribution in [0.1, 0.15) is 56.1 Å². The summed E-state index contributed by atoms with van der Waals surface area (Å²) >= 11 is 12.6. The molecule has 2 heterocycles. The summed E-state index contributed by atoms with van der Waals surface area (Å²) in [6.07, 6.45) is 6.45. The Balaban J connectivity index is 1.82. The zero-order valence-corrected chi connectivity index (χ0v) is 17.4. The Labute approximate surface area is 171 Å². The van der Waals surface area contributed by atoms with Crippen molar-refractivity contribution in [1.82, 2.24) is 9.97 Å². The van der Waals surface area contributed by atoms with E-state index in [0.29, 0.717) is 10.0 Å². The van der Waals surface area contributed by atoms with Crippen LogP contribution in [0, 0.1) is 12.8 Å². The molecular formula is C21H26Cl2N4. The van der Waals surface area contributed by atoms with E-state index in [-0.39, 0.29) is 5.54 Å². The molecular weight excluding hydrogens is 379 g/mol. The summed E-state index contributed by atoms with van der Waals surface area (Å²) in [5, 5.41) is 1.28. The molecule has 1 aromatic heterocycles. The molecule has 0 radical (unpaired) electrons. The minimum atomic E-state index is -0.383. The van der Waals surface area contributed by atoms with Gasteiger partial charge in [0.05, 0.1) is 21.9 Å². The van der Waals surface area contributed by atoms with Crippen LogP contribution in [0.25, 0.3) is 0 Å². The van der Waals surface area contributed by atoms with Gasteiger partial charge in [0.15, 0.2) is 0 Å². The standard InChI is InChI=1S/C21H26Cl2N4/c1-3-21(24,12-14-6-7-14)19-16-5-4-10-27(20(16)26-13(2)25-19)18-9-8-15(22)11-17(18)23/h8-9,11,14H,3-7,10,12,24H2,1-2H3. The molecule has 1 aliphatic carbocycles. The van der Waals surface area contributed by atoms with Crippen LogP contribution in [-0.4, -0.2) is 16.5 Å². The second kappa shape index (κ2) is 7.23. The van der Waals surface area contributed by atoms with Gasteiger partial charge < -0.3 is 10.6 Å². The lowest BCUT2D eigenvalue weighted by Crippen LogP contribution is -2.40. The summed E-state index contributed by atoms with van der Waals surface area (Å²) in [5.41, 5.74) is 9.71. The predicted octanol–water partition coefficient (Wildman–Crippen LogP) is 5.54. The van der Waals surface area contributed by atoms with Crippen LogP contribution in [-0.2, 0) is 12.0 Å². The van der Waals surface area contributed by atoms with Crippen LogP contribution in [0.4, 0.5) is 11.5 Å². The Bertz CT molecular complexity index is 866. The first-order chi connectivity index (χ1) is 12.9. The Morgan fingerprint density at radius 1 is 1.26 bits per heavy atom. The molecule has 1 saturated carbocycles. The van der Waals surface area contributed by atoms with Crippen LogP contribution in [0.3, 0.4) is 0 Å². The molecule has 0 amide bonds. The van der Waals surface area contributed by atoms with Gasteiger partial charge in [0.2, 0.25) is 0 Å². The Morgan fingerprint density at radius 3 is 2.70 bits per heavy atom. The van der Waals surface area contributed by atoms with E-state index in [2.05, 4.69) is 11.8 Å². The monoisotopic (exact) mass is 404 g/mol. The van der Waals surface area contributed by atoms with Gasteiger partial charge in [-0.15, -0.1) is 0 Å². The molecule has 1 fully saturated rings. The number of aryl methyl sites for hydroxylation is 1. The molecule has 1 unspecified atom stereocenters. The third-order valence-electron chi connectivity index (χ3n) is 5.81. The molecule has 2 aromatic rings. The van der Waals surface area contributed by atoms with Gasteiger partial charge in [-0.05, 0) is 56.7 Å². The van der Waals surface area contributed by atoms with E-state index in [1.807, 2.05) is 19.1 Å². The second-order valence-electron chi connectivity index (χ2n) is 7.93. The number of halogens is 2. The molecule has 1 atom stereocenters. The quantitative estimate of drug-likeness (QED) is 0.710. The van der Waals surface area contributed by atoms with Crippen LogP contribution >= 0.6 is 23.2 Å². The molecule has 4 rings (SSSR count). The van der Waals surface area contributed by atoms with Crippen molar-refractivity contribution < 1.29 is 0 Å². The maximum absolute atomic E-state index is 6.93. The van der Waals surface area contributed by atoms with E-state index < -0.39 is 0 Å². The Morgan fingerprint density at radius 2 is 2.04 bits per heavy atom. The molecule has 0 saturated heterocycles. The first-order valence-electron chi connectivity index (χ1n) is 9.81. The highest BCUT2D eigenvalue weighted by Crippen LogP contribution is 2.44. The van der Waals surface area contributed by atoms with Crippen molar-refractivity contribution in [3.05, 3.63) is 45.3 Å². The van der Waals surface area contributed by atoms with Gasteiger partial charge in [-0.25, -0.2) is 9.97 Å². The van der Waals surface area contributed by atoms with Crippen molar-refractivity contribution in [3.8, 4) is 0 Å². The molecule has 2 N–H and O–H groups in total. The molecule has 1 aliphatic heterocycles. The molecule has 4 nitrogen and oxygen atoms in total. The van der Waals surface area contributed by atoms with Gasteiger partial charge >= 0.3 is 0 Å². The van der Waals surface area contributed by atoms with Crippen molar-refractivity contribution in [2.45, 2.75) is 57.9 Å². The van der Waals surface area contributed by atoms with Crippen molar-refractivity contribution in [2.24, 2.45) is 11.7 Å². The van der Waals surface area contributed by atoms with Crippen LogP contribution < -0.4 is 10.6 Å². The van der Waals surface area contributed by atoms with E-state index in [0.717, 1.165) is 61.2 Å². The van der Waals surface area contributed by atoms with E-state index in [4.69, 9.17) is 38.9 Å². The zero-order valence-electron chi connectivity index (χ0n) is 15.9. The lowest BCUT2D eigenvalue weighted by atomic mass is 9.83. The smallest absolute Gasteiger partial charge is 0.140 e. The van der Waals surface area contributed by atoms with E-state index in [1.165, 1.54) is 18.4 Å². The summed E-state index contributed by atoms with van der Waals surface area (Å²) in [5.74, 6) is 2.46. The number of aromatic nitrogens is 2. The maximum atomic E-state index is 6.93. The minimum absolute atomic E-state index is 0.383. The summed E-state index contributed by atoms with van der Waals surface area (Å²) in [6.45, 7) is 4.99. The van der Waals surface area contributed by atoms with Gasteiger partial charge in [-0.1, -0.05) is 43.0 Å². The molecule has 0 spiro atoms. The number of hydrogen-bond donors (Lipinski definition) is 1. The lowest BCUT2D eigenvalue weighted by Gasteiger charge is -2.36. The second-order valence-corrected chi connectivity index (χ2v) is 8.77. The first-order valence-corrected chi connectivity index (χ1v) is 10.6. The summed E-state index contributed by atoms with van der Waals surface area (Å²) in [6, 6.07) is 5.63. The molecule has 144 valence electrons. The molecule has 0 bridgehead atoms. The van der Waals surface area contributed by atoms with Crippen molar-refractivity contribution in [3.63, 3.8) is 0 Å². The topological polar surface area (TPSA) is 55.0 Å². The van der Waals surface area contributed by atoms with Crippen molar-refractivity contribution in [2.75, 3.05) is 11.4 Å². The number of anilines is 2. The van der Waals surface area contributed by atoms with Gasteiger partial charge in [-0.3, -0.25) is 0 Å².